The first-order valence-corrected chi connectivity index (χ1v) is 5.77. The number of amides is 1. The average molecular weight is 246 g/mol. The second-order valence-corrected chi connectivity index (χ2v) is 3.62. The SMILES string of the molecule is CCCCCCl.NC(=O)c1ccccc1F. The van der Waals surface area contributed by atoms with Crippen molar-refractivity contribution < 1.29 is 9.18 Å². The van der Waals surface area contributed by atoms with Gasteiger partial charge in [-0.1, -0.05) is 31.9 Å². The smallest absolute Gasteiger partial charge is 0.251 e. The number of primary amides is 1. The lowest BCUT2D eigenvalue weighted by molar-refractivity contribution is 0.0996. The lowest BCUT2D eigenvalue weighted by Gasteiger charge is -1.94. The lowest BCUT2D eigenvalue weighted by Crippen LogP contribution is -2.12. The van der Waals surface area contributed by atoms with Crippen molar-refractivity contribution in [2.75, 3.05) is 5.88 Å². The van der Waals surface area contributed by atoms with Crippen LogP contribution < -0.4 is 5.73 Å². The molecule has 0 fully saturated rings. The van der Waals surface area contributed by atoms with Crippen LogP contribution in [0.25, 0.3) is 0 Å². The molecule has 0 aromatic heterocycles. The molecule has 0 radical (unpaired) electrons. The van der Waals surface area contributed by atoms with Gasteiger partial charge in [-0.25, -0.2) is 4.39 Å². The molecule has 0 spiro atoms. The highest BCUT2D eigenvalue weighted by Gasteiger charge is 2.04. The molecule has 16 heavy (non-hydrogen) atoms. The Morgan fingerprint density at radius 3 is 2.31 bits per heavy atom. The summed E-state index contributed by atoms with van der Waals surface area (Å²) in [6, 6.07) is 5.60. The normalized spacial score (nSPS) is 9.19. The van der Waals surface area contributed by atoms with Crippen LogP contribution in [0.2, 0.25) is 0 Å². The molecule has 0 saturated carbocycles. The molecule has 0 bridgehead atoms. The van der Waals surface area contributed by atoms with Crippen LogP contribution in [-0.4, -0.2) is 11.8 Å². The number of rotatable bonds is 4. The molecule has 0 saturated heterocycles. The summed E-state index contributed by atoms with van der Waals surface area (Å²) in [5, 5.41) is 0. The fourth-order valence-electron chi connectivity index (χ4n) is 1.01. The van der Waals surface area contributed by atoms with Crippen LogP contribution in [0.3, 0.4) is 0 Å². The summed E-state index contributed by atoms with van der Waals surface area (Å²) in [4.78, 5) is 10.4. The number of benzene rings is 1. The van der Waals surface area contributed by atoms with Crippen molar-refractivity contribution in [3.05, 3.63) is 35.6 Å². The first-order valence-electron chi connectivity index (χ1n) is 5.23. The number of alkyl halides is 1. The van der Waals surface area contributed by atoms with Crippen LogP contribution in [0, 0.1) is 5.82 Å². The molecule has 1 rings (SSSR count). The minimum atomic E-state index is -0.738. The van der Waals surface area contributed by atoms with Gasteiger partial charge in [-0.3, -0.25) is 4.79 Å². The standard InChI is InChI=1S/C7H6FNO.C5H11Cl/c8-6-4-2-1-3-5(6)7(9)10;1-2-3-4-5-6/h1-4H,(H2,9,10);2-5H2,1H3. The van der Waals surface area contributed by atoms with Gasteiger partial charge in [0.2, 0.25) is 0 Å². The van der Waals surface area contributed by atoms with Gasteiger partial charge in [-0.15, -0.1) is 11.6 Å². The average Bonchev–Trinajstić information content (AvgIpc) is 2.27. The third-order valence-corrected chi connectivity index (χ3v) is 2.14. The number of halogens is 2. The summed E-state index contributed by atoms with van der Waals surface area (Å²) in [6.07, 6.45) is 3.73. The number of carbonyl (C=O) groups excluding carboxylic acids is 1. The fraction of sp³-hybridized carbons (Fsp3) is 0.417. The summed E-state index contributed by atoms with van der Waals surface area (Å²) in [7, 11) is 0. The number of hydrogen-bond donors (Lipinski definition) is 1. The Morgan fingerprint density at radius 1 is 1.38 bits per heavy atom. The second-order valence-electron chi connectivity index (χ2n) is 3.24. The van der Waals surface area contributed by atoms with E-state index in [2.05, 4.69) is 6.92 Å². The van der Waals surface area contributed by atoms with Gasteiger partial charge >= 0.3 is 0 Å². The largest absolute Gasteiger partial charge is 0.366 e. The van der Waals surface area contributed by atoms with Gasteiger partial charge in [0.25, 0.3) is 5.91 Å². The van der Waals surface area contributed by atoms with Gasteiger partial charge in [-0.2, -0.15) is 0 Å². The predicted molar refractivity (Wildman–Crippen MR) is 65.2 cm³/mol. The number of nitrogens with two attached hydrogens (primary N) is 1. The molecule has 0 aliphatic carbocycles. The van der Waals surface area contributed by atoms with E-state index < -0.39 is 11.7 Å². The van der Waals surface area contributed by atoms with Gasteiger partial charge in [0.05, 0.1) is 5.56 Å². The van der Waals surface area contributed by atoms with E-state index in [1.54, 1.807) is 6.07 Å². The Kier molecular flexibility index (Phi) is 8.53. The molecular weight excluding hydrogens is 229 g/mol. The fourth-order valence-corrected chi connectivity index (χ4v) is 1.19. The van der Waals surface area contributed by atoms with Crippen molar-refractivity contribution in [3.8, 4) is 0 Å². The molecule has 0 atom stereocenters. The number of carbonyl (C=O) groups is 1. The molecule has 1 amide bonds. The van der Waals surface area contributed by atoms with E-state index >= 15 is 0 Å². The summed E-state index contributed by atoms with van der Waals surface area (Å²) in [5.74, 6) is -0.485. The molecule has 1 aromatic rings. The minimum Gasteiger partial charge on any atom is -0.366 e. The van der Waals surface area contributed by atoms with Crippen molar-refractivity contribution in [2.45, 2.75) is 26.2 Å². The molecule has 1 aromatic carbocycles. The van der Waals surface area contributed by atoms with Crippen molar-refractivity contribution in [3.63, 3.8) is 0 Å². The molecule has 2 N–H and O–H groups in total. The molecule has 0 heterocycles. The van der Waals surface area contributed by atoms with Crippen molar-refractivity contribution >= 4 is 17.5 Å². The Labute approximate surface area is 101 Å². The third-order valence-electron chi connectivity index (χ3n) is 1.88. The van der Waals surface area contributed by atoms with Gasteiger partial charge in [0.1, 0.15) is 5.82 Å². The summed E-state index contributed by atoms with van der Waals surface area (Å²) in [6.45, 7) is 2.17. The maximum absolute atomic E-state index is 12.5. The van der Waals surface area contributed by atoms with E-state index in [4.69, 9.17) is 17.3 Å². The third kappa shape index (κ3) is 6.40. The first-order chi connectivity index (χ1) is 7.63. The zero-order valence-electron chi connectivity index (χ0n) is 9.38. The molecular formula is C12H17ClFNO. The maximum Gasteiger partial charge on any atom is 0.251 e. The van der Waals surface area contributed by atoms with E-state index in [0.29, 0.717) is 0 Å². The molecule has 0 aliphatic rings. The van der Waals surface area contributed by atoms with Gasteiger partial charge in [0, 0.05) is 5.88 Å². The van der Waals surface area contributed by atoms with Crippen LogP contribution >= 0.6 is 11.6 Å². The van der Waals surface area contributed by atoms with Crippen molar-refractivity contribution in [1.82, 2.24) is 0 Å². The summed E-state index contributed by atoms with van der Waals surface area (Å²) >= 11 is 5.38. The molecule has 0 unspecified atom stereocenters. The van der Waals surface area contributed by atoms with Gasteiger partial charge in [0.15, 0.2) is 0 Å². The Hall–Kier alpha value is -1.09. The molecule has 4 heteroatoms. The van der Waals surface area contributed by atoms with E-state index in [-0.39, 0.29) is 5.56 Å². The first kappa shape index (κ1) is 14.9. The van der Waals surface area contributed by atoms with Crippen LogP contribution in [0.5, 0.6) is 0 Å². The topological polar surface area (TPSA) is 43.1 Å². The highest BCUT2D eigenvalue weighted by atomic mass is 35.5. The zero-order chi connectivity index (χ0) is 12.4. The Balaban J connectivity index is 0.000000325. The maximum atomic E-state index is 12.5. The van der Waals surface area contributed by atoms with Crippen molar-refractivity contribution in [1.29, 1.82) is 0 Å². The van der Waals surface area contributed by atoms with E-state index in [1.165, 1.54) is 37.5 Å². The predicted octanol–water partition coefficient (Wildman–Crippen LogP) is 3.34. The monoisotopic (exact) mass is 245 g/mol. The van der Waals surface area contributed by atoms with Crippen LogP contribution in [-0.2, 0) is 0 Å². The summed E-state index contributed by atoms with van der Waals surface area (Å²) < 4.78 is 12.5. The Morgan fingerprint density at radius 2 is 2.00 bits per heavy atom. The highest BCUT2D eigenvalue weighted by Crippen LogP contribution is 2.03. The van der Waals surface area contributed by atoms with E-state index in [9.17, 15) is 9.18 Å². The van der Waals surface area contributed by atoms with E-state index in [0.717, 1.165) is 5.88 Å². The van der Waals surface area contributed by atoms with Crippen LogP contribution in [0.4, 0.5) is 4.39 Å². The number of unbranched alkanes of at least 4 members (excludes halogenated alkanes) is 2. The molecule has 0 aliphatic heterocycles. The van der Waals surface area contributed by atoms with Crippen LogP contribution in [0.1, 0.15) is 36.5 Å². The highest BCUT2D eigenvalue weighted by molar-refractivity contribution is 6.17. The second kappa shape index (κ2) is 9.16. The van der Waals surface area contributed by atoms with Crippen LogP contribution in [0.15, 0.2) is 24.3 Å². The van der Waals surface area contributed by atoms with Crippen molar-refractivity contribution in [2.24, 2.45) is 5.73 Å². The number of hydrogen-bond acceptors (Lipinski definition) is 1. The van der Waals surface area contributed by atoms with Gasteiger partial charge in [-0.05, 0) is 18.6 Å². The molecule has 2 nitrogen and oxygen atoms in total. The Bertz CT molecular complexity index is 314. The van der Waals surface area contributed by atoms with E-state index in [1.807, 2.05) is 0 Å². The zero-order valence-corrected chi connectivity index (χ0v) is 10.1. The minimum absolute atomic E-state index is 0.0671. The quantitative estimate of drug-likeness (QED) is 0.642. The summed E-state index contributed by atoms with van der Waals surface area (Å²) in [5.41, 5.74) is 4.77. The molecule has 90 valence electrons. The van der Waals surface area contributed by atoms with Gasteiger partial charge < -0.3 is 5.73 Å². The lowest BCUT2D eigenvalue weighted by atomic mass is 10.2.